The number of aliphatic imine (C=N–C) groups is 1. The molecule has 0 aliphatic rings. The lowest BCUT2D eigenvalue weighted by Crippen LogP contribution is -1.83. The van der Waals surface area contributed by atoms with Crippen LogP contribution in [0.4, 0.5) is 5.69 Å². The summed E-state index contributed by atoms with van der Waals surface area (Å²) in [4.78, 5) is 8.44. The lowest BCUT2D eigenvalue weighted by atomic mass is 10.3. The van der Waals surface area contributed by atoms with Gasteiger partial charge in [-0.25, -0.2) is 0 Å². The molecule has 0 spiro atoms. The molecule has 0 amide bonds. The Hall–Kier alpha value is -1.18. The fourth-order valence-corrected chi connectivity index (χ4v) is 0.835. The van der Waals surface area contributed by atoms with Crippen molar-refractivity contribution in [1.29, 1.82) is 0 Å². The van der Waals surface area contributed by atoms with Gasteiger partial charge in [0.2, 0.25) is 0 Å². The van der Waals surface area contributed by atoms with Crippen molar-refractivity contribution in [2.24, 2.45) is 4.99 Å². The molecular weight excluding hydrogens is 136 g/mol. The van der Waals surface area contributed by atoms with Crippen LogP contribution < -0.4 is 0 Å². The maximum Gasteiger partial charge on any atom is 0.0841 e. The highest BCUT2D eigenvalue weighted by molar-refractivity contribution is 5.82. The zero-order chi connectivity index (χ0) is 8.27. The van der Waals surface area contributed by atoms with Crippen molar-refractivity contribution in [3.05, 3.63) is 24.0 Å². The van der Waals surface area contributed by atoms with Crippen LogP contribution in [-0.4, -0.2) is 10.7 Å². The van der Waals surface area contributed by atoms with Crippen molar-refractivity contribution in [2.45, 2.75) is 20.8 Å². The quantitative estimate of drug-likeness (QED) is 0.562. The summed E-state index contributed by atoms with van der Waals surface area (Å²) in [6.45, 7) is 5.92. The van der Waals surface area contributed by atoms with Crippen molar-refractivity contribution in [3.63, 3.8) is 0 Å². The van der Waals surface area contributed by atoms with Crippen molar-refractivity contribution in [1.82, 2.24) is 4.98 Å². The van der Waals surface area contributed by atoms with Crippen LogP contribution in [0.5, 0.6) is 0 Å². The Morgan fingerprint density at radius 1 is 1.45 bits per heavy atom. The van der Waals surface area contributed by atoms with E-state index in [1.54, 1.807) is 6.20 Å². The summed E-state index contributed by atoms with van der Waals surface area (Å²) in [5, 5.41) is 0. The highest BCUT2D eigenvalue weighted by Crippen LogP contribution is 2.14. The molecule has 0 radical (unpaired) electrons. The Morgan fingerprint density at radius 2 is 2.18 bits per heavy atom. The maximum atomic E-state index is 4.31. The van der Waals surface area contributed by atoms with Crippen LogP contribution in [0.1, 0.15) is 19.5 Å². The predicted molar refractivity (Wildman–Crippen MR) is 47.4 cm³/mol. The molecule has 0 saturated carbocycles. The third-order valence-electron chi connectivity index (χ3n) is 1.32. The third-order valence-corrected chi connectivity index (χ3v) is 1.32. The Balaban J connectivity index is 3.04. The Kier molecular flexibility index (Phi) is 2.36. The highest BCUT2D eigenvalue weighted by atomic mass is 14.8. The van der Waals surface area contributed by atoms with E-state index in [0.29, 0.717) is 0 Å². The van der Waals surface area contributed by atoms with Crippen LogP contribution in [0.2, 0.25) is 0 Å². The normalized spacial score (nSPS) is 9.36. The van der Waals surface area contributed by atoms with Crippen molar-refractivity contribution in [2.75, 3.05) is 0 Å². The second-order valence-corrected chi connectivity index (χ2v) is 2.67. The van der Waals surface area contributed by atoms with Gasteiger partial charge in [0.25, 0.3) is 0 Å². The van der Waals surface area contributed by atoms with Crippen molar-refractivity contribution >= 4 is 11.4 Å². The van der Waals surface area contributed by atoms with Crippen molar-refractivity contribution < 1.29 is 0 Å². The van der Waals surface area contributed by atoms with E-state index in [2.05, 4.69) is 9.98 Å². The topological polar surface area (TPSA) is 25.2 Å². The minimum absolute atomic E-state index is 0.965. The van der Waals surface area contributed by atoms with E-state index in [-0.39, 0.29) is 0 Å². The lowest BCUT2D eigenvalue weighted by Gasteiger charge is -1.97. The van der Waals surface area contributed by atoms with Crippen LogP contribution in [0.15, 0.2) is 23.3 Å². The van der Waals surface area contributed by atoms with Gasteiger partial charge in [0.05, 0.1) is 11.4 Å². The monoisotopic (exact) mass is 148 g/mol. The molecule has 2 nitrogen and oxygen atoms in total. The number of nitrogens with zero attached hydrogens (tertiary/aromatic N) is 2. The molecule has 1 heterocycles. The molecule has 0 aliphatic heterocycles. The van der Waals surface area contributed by atoms with Gasteiger partial charge in [-0.05, 0) is 32.9 Å². The smallest absolute Gasteiger partial charge is 0.0841 e. The van der Waals surface area contributed by atoms with Crippen LogP contribution in [0, 0.1) is 6.92 Å². The van der Waals surface area contributed by atoms with Crippen LogP contribution in [0.25, 0.3) is 0 Å². The zero-order valence-corrected chi connectivity index (χ0v) is 7.13. The fourth-order valence-electron chi connectivity index (χ4n) is 0.835. The molecular formula is C9H12N2. The number of hydrogen-bond donors (Lipinski definition) is 0. The summed E-state index contributed by atoms with van der Waals surface area (Å²) in [5.74, 6) is 0. The summed E-state index contributed by atoms with van der Waals surface area (Å²) in [7, 11) is 0. The van der Waals surface area contributed by atoms with Gasteiger partial charge in [-0.15, -0.1) is 0 Å². The van der Waals surface area contributed by atoms with E-state index < -0.39 is 0 Å². The maximum absolute atomic E-state index is 4.31. The summed E-state index contributed by atoms with van der Waals surface area (Å²) in [6, 6.07) is 3.87. The first-order valence-electron chi connectivity index (χ1n) is 3.63. The predicted octanol–water partition coefficient (Wildman–Crippen LogP) is 2.50. The lowest BCUT2D eigenvalue weighted by molar-refractivity contribution is 1.18. The van der Waals surface area contributed by atoms with Gasteiger partial charge in [0.1, 0.15) is 0 Å². The molecule has 0 N–H and O–H groups in total. The molecule has 0 aromatic carbocycles. The molecule has 1 aromatic rings. The largest absolute Gasteiger partial charge is 0.259 e. The molecule has 0 aliphatic carbocycles. The molecule has 58 valence electrons. The minimum Gasteiger partial charge on any atom is -0.259 e. The van der Waals surface area contributed by atoms with E-state index in [1.807, 2.05) is 32.9 Å². The average Bonchev–Trinajstić information content (AvgIpc) is 1.93. The zero-order valence-electron chi connectivity index (χ0n) is 7.13. The molecule has 2 heteroatoms. The number of aromatic nitrogens is 1. The Labute approximate surface area is 67.0 Å². The van der Waals surface area contributed by atoms with Gasteiger partial charge >= 0.3 is 0 Å². The summed E-state index contributed by atoms with van der Waals surface area (Å²) < 4.78 is 0. The summed E-state index contributed by atoms with van der Waals surface area (Å²) in [6.07, 6.45) is 1.78. The van der Waals surface area contributed by atoms with Gasteiger partial charge in [0.15, 0.2) is 0 Å². The highest BCUT2D eigenvalue weighted by Gasteiger charge is 1.93. The molecule has 1 rings (SSSR count). The number of hydrogen-bond acceptors (Lipinski definition) is 2. The molecule has 1 aromatic heterocycles. The van der Waals surface area contributed by atoms with Gasteiger partial charge in [-0.3, -0.25) is 9.98 Å². The van der Waals surface area contributed by atoms with Gasteiger partial charge in [0, 0.05) is 11.9 Å². The summed E-state index contributed by atoms with van der Waals surface area (Å²) >= 11 is 0. The second kappa shape index (κ2) is 3.28. The van der Waals surface area contributed by atoms with Crippen LogP contribution in [0.3, 0.4) is 0 Å². The first-order valence-corrected chi connectivity index (χ1v) is 3.63. The first-order chi connectivity index (χ1) is 5.20. The Morgan fingerprint density at radius 3 is 2.73 bits per heavy atom. The van der Waals surface area contributed by atoms with Gasteiger partial charge in [-0.1, -0.05) is 0 Å². The van der Waals surface area contributed by atoms with Gasteiger partial charge < -0.3 is 0 Å². The summed E-state index contributed by atoms with van der Waals surface area (Å²) in [5.41, 5.74) is 3.00. The van der Waals surface area contributed by atoms with Gasteiger partial charge in [-0.2, -0.15) is 0 Å². The molecule has 0 unspecified atom stereocenters. The Bertz CT molecular complexity index is 273. The molecule has 0 fully saturated rings. The second-order valence-electron chi connectivity index (χ2n) is 2.67. The number of aryl methyl sites for hydroxylation is 1. The van der Waals surface area contributed by atoms with E-state index in [1.165, 1.54) is 0 Å². The van der Waals surface area contributed by atoms with E-state index in [0.717, 1.165) is 17.1 Å². The minimum atomic E-state index is 0.965. The standard InChI is InChI=1S/C9H12N2/c1-7(2)11-9-5-4-6-10-8(9)3/h4-6H,1-3H3. The van der Waals surface area contributed by atoms with E-state index >= 15 is 0 Å². The third kappa shape index (κ3) is 2.15. The SMILES string of the molecule is CC(C)=Nc1cccnc1C. The molecule has 0 atom stereocenters. The fraction of sp³-hybridized carbons (Fsp3) is 0.333. The van der Waals surface area contributed by atoms with E-state index in [4.69, 9.17) is 0 Å². The van der Waals surface area contributed by atoms with Crippen LogP contribution >= 0.6 is 0 Å². The first kappa shape index (κ1) is 7.92. The van der Waals surface area contributed by atoms with E-state index in [9.17, 15) is 0 Å². The molecule has 0 bridgehead atoms. The number of rotatable bonds is 1. The molecule has 11 heavy (non-hydrogen) atoms. The van der Waals surface area contributed by atoms with Crippen LogP contribution in [-0.2, 0) is 0 Å². The average molecular weight is 148 g/mol. The molecule has 0 saturated heterocycles. The number of pyridine rings is 1. The van der Waals surface area contributed by atoms with Crippen molar-refractivity contribution in [3.8, 4) is 0 Å².